The number of carbonyl (C=O) groups is 1. The Balaban J connectivity index is 2.23. The van der Waals surface area contributed by atoms with Crippen LogP contribution >= 0.6 is 22.5 Å². The van der Waals surface area contributed by atoms with Gasteiger partial charge in [-0.2, -0.15) is 0 Å². The van der Waals surface area contributed by atoms with Gasteiger partial charge in [-0.1, -0.05) is 16.0 Å². The predicted molar refractivity (Wildman–Crippen MR) is 65.2 cm³/mol. The fraction of sp³-hybridized carbons (Fsp3) is 0.625. The van der Waals surface area contributed by atoms with Crippen LogP contribution in [-0.4, -0.2) is 40.3 Å². The number of aromatic nitrogens is 3. The van der Waals surface area contributed by atoms with E-state index in [0.29, 0.717) is 25.4 Å². The number of nitrogens with one attached hydrogen (secondary N) is 1. The first kappa shape index (κ1) is 13.3. The van der Waals surface area contributed by atoms with Crippen molar-refractivity contribution in [3.8, 4) is 0 Å². The van der Waals surface area contributed by atoms with Gasteiger partial charge >= 0.3 is 0 Å². The summed E-state index contributed by atoms with van der Waals surface area (Å²) in [5, 5.41) is 10.5. The van der Waals surface area contributed by atoms with Gasteiger partial charge in [0.1, 0.15) is 5.69 Å². The Kier molecular flexibility index (Phi) is 6.27. The highest BCUT2D eigenvalue weighted by atomic mass is 33.1. The molecule has 0 unspecified atom stereocenters. The largest absolute Gasteiger partial charge is 0.378 e. The first-order valence-corrected chi connectivity index (χ1v) is 6.71. The van der Waals surface area contributed by atoms with E-state index in [4.69, 9.17) is 4.74 Å². The van der Waals surface area contributed by atoms with Crippen molar-refractivity contribution in [3.63, 3.8) is 0 Å². The highest BCUT2D eigenvalue weighted by Crippen LogP contribution is 2.02. The number of nitrogens with zero attached hydrogens (tertiary/aromatic N) is 3. The van der Waals surface area contributed by atoms with E-state index in [1.165, 1.54) is 10.8 Å². The number of carbonyl (C=O) groups excluding carboxylic acids is 1. The molecular formula is C8H14N4O2S2. The molecular weight excluding hydrogens is 248 g/mol. The summed E-state index contributed by atoms with van der Waals surface area (Å²) in [5.74, 6) is 0.326. The standard InChI is InChI=1S/C8H14N4O2S2/c1-14-5-7-4-12(11-10-7)3-2-9-8(13)6-16-15/h4,15H,2-3,5-6H2,1H3,(H,9,13). The van der Waals surface area contributed by atoms with Gasteiger partial charge in [0, 0.05) is 13.7 Å². The summed E-state index contributed by atoms with van der Waals surface area (Å²) >= 11 is 3.89. The van der Waals surface area contributed by atoms with Crippen molar-refractivity contribution in [1.82, 2.24) is 20.3 Å². The van der Waals surface area contributed by atoms with Gasteiger partial charge < -0.3 is 10.1 Å². The van der Waals surface area contributed by atoms with Crippen LogP contribution in [-0.2, 0) is 22.7 Å². The van der Waals surface area contributed by atoms with E-state index >= 15 is 0 Å². The van der Waals surface area contributed by atoms with Crippen LogP contribution in [0, 0.1) is 0 Å². The highest BCUT2D eigenvalue weighted by Gasteiger charge is 2.01. The number of rotatable bonds is 7. The Morgan fingerprint density at radius 1 is 1.75 bits per heavy atom. The molecule has 0 fully saturated rings. The van der Waals surface area contributed by atoms with E-state index in [9.17, 15) is 4.79 Å². The molecule has 1 aromatic rings. The number of methoxy groups -OCH3 is 1. The monoisotopic (exact) mass is 262 g/mol. The van der Waals surface area contributed by atoms with Gasteiger partial charge in [0.25, 0.3) is 0 Å². The molecule has 8 heteroatoms. The molecule has 0 spiro atoms. The summed E-state index contributed by atoms with van der Waals surface area (Å²) in [7, 11) is 2.80. The summed E-state index contributed by atoms with van der Waals surface area (Å²) in [4.78, 5) is 11.1. The lowest BCUT2D eigenvalue weighted by molar-refractivity contribution is -0.118. The average molecular weight is 262 g/mol. The molecule has 0 radical (unpaired) electrons. The third-order valence-electron chi connectivity index (χ3n) is 1.74. The second-order valence-electron chi connectivity index (χ2n) is 3.03. The maximum Gasteiger partial charge on any atom is 0.230 e. The molecule has 0 bridgehead atoms. The lowest BCUT2D eigenvalue weighted by atomic mass is 10.5. The second kappa shape index (κ2) is 7.53. The van der Waals surface area contributed by atoms with E-state index in [-0.39, 0.29) is 5.91 Å². The lowest BCUT2D eigenvalue weighted by Gasteiger charge is -2.02. The minimum atomic E-state index is -0.0303. The van der Waals surface area contributed by atoms with E-state index in [1.54, 1.807) is 18.0 Å². The zero-order chi connectivity index (χ0) is 11.8. The maximum absolute atomic E-state index is 11.1. The van der Waals surface area contributed by atoms with Crippen molar-refractivity contribution in [2.45, 2.75) is 13.2 Å². The van der Waals surface area contributed by atoms with Crippen molar-refractivity contribution >= 4 is 28.4 Å². The second-order valence-corrected chi connectivity index (χ2v) is 4.35. The van der Waals surface area contributed by atoms with Gasteiger partial charge in [-0.3, -0.25) is 9.48 Å². The molecule has 0 atom stereocenters. The zero-order valence-corrected chi connectivity index (χ0v) is 10.6. The Labute approximate surface area is 103 Å². The quantitative estimate of drug-likeness (QED) is 0.539. The summed E-state index contributed by atoms with van der Waals surface area (Å²) in [6.07, 6.45) is 1.79. The lowest BCUT2D eigenvalue weighted by Crippen LogP contribution is -2.28. The number of thiol groups is 1. The molecule has 0 aliphatic heterocycles. The van der Waals surface area contributed by atoms with E-state index < -0.39 is 0 Å². The highest BCUT2D eigenvalue weighted by molar-refractivity contribution is 8.68. The van der Waals surface area contributed by atoms with Gasteiger partial charge in [-0.25, -0.2) is 0 Å². The van der Waals surface area contributed by atoms with Gasteiger partial charge in [0.2, 0.25) is 5.91 Å². The Hall–Kier alpha value is -0.730. The molecule has 1 aromatic heterocycles. The van der Waals surface area contributed by atoms with Crippen LogP contribution in [0.4, 0.5) is 0 Å². The third kappa shape index (κ3) is 4.86. The SMILES string of the molecule is COCc1cn(CCNC(=O)CSS)nn1. The van der Waals surface area contributed by atoms with Gasteiger partial charge in [0.05, 0.1) is 25.1 Å². The van der Waals surface area contributed by atoms with Crippen LogP contribution in [0.5, 0.6) is 0 Å². The molecule has 0 aromatic carbocycles. The summed E-state index contributed by atoms with van der Waals surface area (Å²) < 4.78 is 6.59. The van der Waals surface area contributed by atoms with Crippen molar-refractivity contribution in [2.75, 3.05) is 19.4 Å². The van der Waals surface area contributed by atoms with Crippen molar-refractivity contribution in [2.24, 2.45) is 0 Å². The molecule has 0 aliphatic carbocycles. The average Bonchev–Trinajstić information content (AvgIpc) is 2.67. The molecule has 1 amide bonds. The molecule has 90 valence electrons. The number of amides is 1. The minimum Gasteiger partial charge on any atom is -0.378 e. The summed E-state index contributed by atoms with van der Waals surface area (Å²) in [6.45, 7) is 1.57. The fourth-order valence-electron chi connectivity index (χ4n) is 1.08. The van der Waals surface area contributed by atoms with Crippen LogP contribution in [0.1, 0.15) is 5.69 Å². The molecule has 1 N–H and O–H groups in total. The van der Waals surface area contributed by atoms with E-state index in [1.807, 2.05) is 0 Å². The number of hydrogen-bond acceptors (Lipinski definition) is 6. The normalized spacial score (nSPS) is 10.4. The van der Waals surface area contributed by atoms with Crippen molar-refractivity contribution in [1.29, 1.82) is 0 Å². The summed E-state index contributed by atoms with van der Waals surface area (Å²) in [5.41, 5.74) is 0.778. The Bertz CT molecular complexity index is 332. The number of ether oxygens (including phenoxy) is 1. The summed E-state index contributed by atoms with van der Waals surface area (Å²) in [6, 6.07) is 0. The van der Waals surface area contributed by atoms with Gasteiger partial charge in [-0.15, -0.1) is 16.8 Å². The van der Waals surface area contributed by atoms with Crippen LogP contribution in [0.25, 0.3) is 0 Å². The predicted octanol–water partition coefficient (Wildman–Crippen LogP) is 0.119. The Morgan fingerprint density at radius 2 is 2.56 bits per heavy atom. The molecule has 0 saturated heterocycles. The smallest absolute Gasteiger partial charge is 0.230 e. The molecule has 6 nitrogen and oxygen atoms in total. The van der Waals surface area contributed by atoms with Crippen molar-refractivity contribution < 1.29 is 9.53 Å². The molecule has 16 heavy (non-hydrogen) atoms. The minimum absolute atomic E-state index is 0.0303. The maximum atomic E-state index is 11.1. The van der Waals surface area contributed by atoms with Crippen LogP contribution in [0.15, 0.2) is 6.20 Å². The van der Waals surface area contributed by atoms with Crippen LogP contribution < -0.4 is 5.32 Å². The topological polar surface area (TPSA) is 69.0 Å². The number of hydrogen-bond donors (Lipinski definition) is 2. The van der Waals surface area contributed by atoms with E-state index in [0.717, 1.165) is 5.69 Å². The molecule has 1 rings (SSSR count). The fourth-order valence-corrected chi connectivity index (χ4v) is 1.65. The van der Waals surface area contributed by atoms with E-state index in [2.05, 4.69) is 27.3 Å². The first-order chi connectivity index (χ1) is 7.76. The first-order valence-electron chi connectivity index (χ1n) is 4.67. The molecule has 0 aliphatic rings. The van der Waals surface area contributed by atoms with Crippen LogP contribution in [0.3, 0.4) is 0 Å². The zero-order valence-electron chi connectivity index (χ0n) is 8.92. The van der Waals surface area contributed by atoms with Crippen molar-refractivity contribution in [3.05, 3.63) is 11.9 Å². The molecule has 0 saturated carbocycles. The van der Waals surface area contributed by atoms with Crippen LogP contribution in [0.2, 0.25) is 0 Å². The molecule has 1 heterocycles. The van der Waals surface area contributed by atoms with Gasteiger partial charge in [0.15, 0.2) is 0 Å². The Morgan fingerprint density at radius 3 is 3.25 bits per heavy atom. The third-order valence-corrected chi connectivity index (χ3v) is 2.52. The van der Waals surface area contributed by atoms with Gasteiger partial charge in [-0.05, 0) is 0 Å².